The van der Waals surface area contributed by atoms with Crippen LogP contribution in [0, 0.1) is 15.9 Å². The summed E-state index contributed by atoms with van der Waals surface area (Å²) >= 11 is 0. The van der Waals surface area contributed by atoms with Gasteiger partial charge in [0.1, 0.15) is 0 Å². The van der Waals surface area contributed by atoms with Crippen LogP contribution in [0.1, 0.15) is 5.82 Å². The third kappa shape index (κ3) is 2.92. The maximum Gasteiger partial charge on any atom is 0.306 e. The zero-order chi connectivity index (χ0) is 14.8. The number of aromatic amines is 1. The average molecular weight is 302 g/mol. The number of nitrogens with one attached hydrogen (secondary N) is 2. The molecule has 0 fully saturated rings. The van der Waals surface area contributed by atoms with Crippen molar-refractivity contribution < 1.29 is 17.7 Å². The third-order valence-electron chi connectivity index (χ3n) is 2.23. The summed E-state index contributed by atoms with van der Waals surface area (Å²) in [6, 6.07) is 2.26. The number of tetrazole rings is 1. The van der Waals surface area contributed by atoms with Crippen LogP contribution in [0.3, 0.4) is 0 Å². The summed E-state index contributed by atoms with van der Waals surface area (Å²) in [6.45, 7) is -0.260. The number of hydrogen-bond donors (Lipinski definition) is 2. The minimum Gasteiger partial charge on any atom is -0.258 e. The van der Waals surface area contributed by atoms with E-state index in [2.05, 4.69) is 25.3 Å². The van der Waals surface area contributed by atoms with Gasteiger partial charge in [0.05, 0.1) is 16.4 Å². The van der Waals surface area contributed by atoms with Gasteiger partial charge < -0.3 is 0 Å². The molecule has 2 aromatic rings. The molecule has 0 aliphatic carbocycles. The average Bonchev–Trinajstić information content (AvgIpc) is 2.89. The van der Waals surface area contributed by atoms with E-state index in [0.717, 1.165) is 6.07 Å². The topological polar surface area (TPSA) is 144 Å². The van der Waals surface area contributed by atoms with Gasteiger partial charge in [0.2, 0.25) is 15.8 Å². The van der Waals surface area contributed by atoms with Crippen LogP contribution in [0.5, 0.6) is 0 Å². The second-order valence-electron chi connectivity index (χ2n) is 3.52. The minimum absolute atomic E-state index is 0.0881. The summed E-state index contributed by atoms with van der Waals surface area (Å²) in [5, 5.41) is 23.0. The van der Waals surface area contributed by atoms with Crippen LogP contribution in [0.2, 0.25) is 0 Å². The predicted molar refractivity (Wildman–Crippen MR) is 61.3 cm³/mol. The van der Waals surface area contributed by atoms with Gasteiger partial charge in [-0.1, -0.05) is 5.21 Å². The highest BCUT2D eigenvalue weighted by Gasteiger charge is 2.21. The fraction of sp³-hybridized carbons (Fsp3) is 0.125. The predicted octanol–water partition coefficient (Wildman–Crippen LogP) is -0.275. The number of nitro groups is 1. The molecule has 1 heterocycles. The van der Waals surface area contributed by atoms with Crippen molar-refractivity contribution in [2.45, 2.75) is 11.4 Å². The van der Waals surface area contributed by atoms with Crippen molar-refractivity contribution >= 4 is 15.7 Å². The van der Waals surface area contributed by atoms with Crippen molar-refractivity contribution in [2.24, 2.45) is 0 Å². The Labute approximate surface area is 111 Å². The standard InChI is InChI=1S/C8H7FN6O4S/c9-6-2-1-5(3-7(6)15(16)17)20(18,19)10-4-8-11-13-14-12-8/h1-3,10H,4H2,(H,11,12,13,14). The fourth-order valence-electron chi connectivity index (χ4n) is 1.30. The Morgan fingerprint density at radius 1 is 1.45 bits per heavy atom. The van der Waals surface area contributed by atoms with Crippen molar-refractivity contribution in [3.8, 4) is 0 Å². The Balaban J connectivity index is 2.25. The molecule has 0 atom stereocenters. The lowest BCUT2D eigenvalue weighted by Crippen LogP contribution is -2.24. The van der Waals surface area contributed by atoms with Gasteiger partial charge in [0.15, 0.2) is 5.82 Å². The molecule has 0 bridgehead atoms. The minimum atomic E-state index is -4.05. The van der Waals surface area contributed by atoms with Gasteiger partial charge in [-0.05, 0) is 12.1 Å². The molecule has 0 amide bonds. The summed E-state index contributed by atoms with van der Waals surface area (Å²) in [6.07, 6.45) is 0. The molecule has 1 aromatic carbocycles. The monoisotopic (exact) mass is 302 g/mol. The summed E-state index contributed by atoms with van der Waals surface area (Å²) in [7, 11) is -4.05. The number of nitro benzene ring substituents is 1. The van der Waals surface area contributed by atoms with Gasteiger partial charge in [-0.2, -0.15) is 9.60 Å². The molecule has 12 heteroatoms. The molecule has 106 valence electrons. The number of halogens is 1. The largest absolute Gasteiger partial charge is 0.306 e. The van der Waals surface area contributed by atoms with Crippen LogP contribution in [0.4, 0.5) is 10.1 Å². The van der Waals surface area contributed by atoms with Crippen molar-refractivity contribution in [3.63, 3.8) is 0 Å². The lowest BCUT2D eigenvalue weighted by atomic mass is 10.3. The van der Waals surface area contributed by atoms with E-state index in [0.29, 0.717) is 12.1 Å². The van der Waals surface area contributed by atoms with E-state index in [1.165, 1.54) is 0 Å². The molecule has 0 aliphatic rings. The van der Waals surface area contributed by atoms with Crippen LogP contribution >= 0.6 is 0 Å². The molecule has 0 saturated carbocycles. The molecule has 2 rings (SSSR count). The zero-order valence-electron chi connectivity index (χ0n) is 9.65. The van der Waals surface area contributed by atoms with Gasteiger partial charge in [0, 0.05) is 6.07 Å². The first-order valence-electron chi connectivity index (χ1n) is 5.06. The summed E-state index contributed by atoms with van der Waals surface area (Å²) < 4.78 is 39.0. The molecule has 0 aliphatic heterocycles. The molecule has 0 spiro atoms. The molecule has 0 unspecified atom stereocenters. The SMILES string of the molecule is O=[N+]([O-])c1cc(S(=O)(=O)NCc2nn[nH]n2)ccc1F. The molecule has 0 radical (unpaired) electrons. The van der Waals surface area contributed by atoms with Crippen LogP contribution in [-0.2, 0) is 16.6 Å². The highest BCUT2D eigenvalue weighted by Crippen LogP contribution is 2.21. The Kier molecular flexibility index (Phi) is 3.67. The fourth-order valence-corrected chi connectivity index (χ4v) is 2.30. The molecule has 20 heavy (non-hydrogen) atoms. The van der Waals surface area contributed by atoms with Crippen molar-refractivity contribution in [1.82, 2.24) is 25.3 Å². The normalized spacial score (nSPS) is 11.4. The molecule has 1 aromatic heterocycles. The van der Waals surface area contributed by atoms with Crippen molar-refractivity contribution in [1.29, 1.82) is 0 Å². The van der Waals surface area contributed by atoms with Crippen molar-refractivity contribution in [3.05, 3.63) is 40.0 Å². The van der Waals surface area contributed by atoms with Crippen LogP contribution in [-0.4, -0.2) is 34.0 Å². The van der Waals surface area contributed by atoms with Gasteiger partial charge in [-0.3, -0.25) is 10.1 Å². The number of H-pyrrole nitrogens is 1. The summed E-state index contributed by atoms with van der Waals surface area (Å²) in [5.74, 6) is -1.03. The highest BCUT2D eigenvalue weighted by molar-refractivity contribution is 7.89. The van der Waals surface area contributed by atoms with Crippen LogP contribution in [0.15, 0.2) is 23.1 Å². The molecule has 10 nitrogen and oxygen atoms in total. The van der Waals surface area contributed by atoms with E-state index >= 15 is 0 Å². The lowest BCUT2D eigenvalue weighted by Gasteiger charge is -2.04. The zero-order valence-corrected chi connectivity index (χ0v) is 10.5. The number of sulfonamides is 1. The Bertz CT molecular complexity index is 731. The van der Waals surface area contributed by atoms with E-state index in [1.54, 1.807) is 0 Å². The number of benzene rings is 1. The van der Waals surface area contributed by atoms with E-state index < -0.39 is 31.3 Å². The third-order valence-corrected chi connectivity index (χ3v) is 3.63. The van der Waals surface area contributed by atoms with Gasteiger partial charge >= 0.3 is 5.69 Å². The first-order chi connectivity index (χ1) is 9.40. The van der Waals surface area contributed by atoms with Gasteiger partial charge in [-0.15, -0.1) is 10.2 Å². The number of aromatic nitrogens is 4. The maximum atomic E-state index is 13.1. The van der Waals surface area contributed by atoms with E-state index in [9.17, 15) is 22.9 Å². The number of nitrogens with zero attached hydrogens (tertiary/aromatic N) is 4. The second kappa shape index (κ2) is 5.26. The van der Waals surface area contributed by atoms with E-state index in [4.69, 9.17) is 0 Å². The Morgan fingerprint density at radius 2 is 2.20 bits per heavy atom. The van der Waals surface area contributed by atoms with Crippen LogP contribution < -0.4 is 4.72 Å². The van der Waals surface area contributed by atoms with Gasteiger partial charge in [0.25, 0.3) is 0 Å². The van der Waals surface area contributed by atoms with Crippen molar-refractivity contribution in [2.75, 3.05) is 0 Å². The van der Waals surface area contributed by atoms with Crippen LogP contribution in [0.25, 0.3) is 0 Å². The molecular weight excluding hydrogens is 295 g/mol. The lowest BCUT2D eigenvalue weighted by molar-refractivity contribution is -0.387. The van der Waals surface area contributed by atoms with E-state index in [-0.39, 0.29) is 12.4 Å². The van der Waals surface area contributed by atoms with E-state index in [1.807, 2.05) is 0 Å². The quantitative estimate of drug-likeness (QED) is 0.571. The highest BCUT2D eigenvalue weighted by atomic mass is 32.2. The summed E-state index contributed by atoms with van der Waals surface area (Å²) in [4.78, 5) is 9.12. The molecule has 2 N–H and O–H groups in total. The second-order valence-corrected chi connectivity index (χ2v) is 5.29. The Morgan fingerprint density at radius 3 is 2.80 bits per heavy atom. The van der Waals surface area contributed by atoms with Gasteiger partial charge in [-0.25, -0.2) is 13.1 Å². The summed E-state index contributed by atoms with van der Waals surface area (Å²) in [5.41, 5.74) is -0.924. The first kappa shape index (κ1) is 14.0. The smallest absolute Gasteiger partial charge is 0.258 e. The Hall–Kier alpha value is -2.47. The number of rotatable bonds is 5. The molecular formula is C8H7FN6O4S. The molecule has 0 saturated heterocycles. The first-order valence-corrected chi connectivity index (χ1v) is 6.54. The maximum absolute atomic E-state index is 13.1. The number of hydrogen-bond acceptors (Lipinski definition) is 7.